The summed E-state index contributed by atoms with van der Waals surface area (Å²) in [7, 11) is 2.11. The Morgan fingerprint density at radius 1 is 1.11 bits per heavy atom. The molecule has 2 N–H and O–H groups in total. The van der Waals surface area contributed by atoms with Gasteiger partial charge in [-0.3, -0.25) is 0 Å². The molecule has 28 heavy (non-hydrogen) atoms. The SMILES string of the molecule is CN(c1ccc(-c2ccc(-n3ccnc3)cc2O)nn1)C1CC2CC[C@@H](C1)N2. The molecule has 7 heteroatoms. The number of aromatic nitrogens is 4. The molecule has 0 saturated carbocycles. The summed E-state index contributed by atoms with van der Waals surface area (Å²) in [5.41, 5.74) is 2.19. The standard InChI is InChI=1S/C21H24N6O/c1-26(17-10-14-2-3-15(11-17)23-14)21-7-6-19(24-25-21)18-5-4-16(12-20(18)28)27-9-8-22-13-27/h4-9,12-15,17,23,28H,2-3,10-11H2,1H3/t14-,15?,17?/m0/s1. The van der Waals surface area contributed by atoms with Gasteiger partial charge in [-0.25, -0.2) is 4.98 Å². The molecule has 2 saturated heterocycles. The molecule has 4 heterocycles. The quantitative estimate of drug-likeness (QED) is 0.729. The molecule has 0 radical (unpaired) electrons. The Kier molecular flexibility index (Phi) is 4.24. The van der Waals surface area contributed by atoms with Crippen LogP contribution in [0.25, 0.3) is 16.9 Å². The molecule has 2 aromatic heterocycles. The summed E-state index contributed by atoms with van der Waals surface area (Å²) in [6, 6.07) is 11.2. The van der Waals surface area contributed by atoms with Crippen molar-refractivity contribution in [3.63, 3.8) is 0 Å². The number of phenolic OH excluding ortho intramolecular Hbond substituents is 1. The average molecular weight is 376 g/mol. The molecule has 2 fully saturated rings. The monoisotopic (exact) mass is 376 g/mol. The van der Waals surface area contributed by atoms with Crippen molar-refractivity contribution >= 4 is 5.82 Å². The Morgan fingerprint density at radius 2 is 1.93 bits per heavy atom. The number of phenols is 1. The number of rotatable bonds is 4. The molecule has 0 aliphatic carbocycles. The Bertz CT molecular complexity index is 944. The van der Waals surface area contributed by atoms with Gasteiger partial charge in [0, 0.05) is 49.2 Å². The molecule has 0 amide bonds. The number of nitrogens with zero attached hydrogens (tertiary/aromatic N) is 5. The lowest BCUT2D eigenvalue weighted by Crippen LogP contribution is -2.47. The lowest BCUT2D eigenvalue weighted by Gasteiger charge is -2.36. The first-order valence-corrected chi connectivity index (χ1v) is 9.82. The molecule has 0 spiro atoms. The Hall–Kier alpha value is -2.93. The maximum Gasteiger partial charge on any atom is 0.151 e. The van der Waals surface area contributed by atoms with E-state index in [1.807, 2.05) is 35.0 Å². The summed E-state index contributed by atoms with van der Waals surface area (Å²) in [4.78, 5) is 6.29. The van der Waals surface area contributed by atoms with E-state index in [4.69, 9.17) is 0 Å². The topological polar surface area (TPSA) is 79.1 Å². The summed E-state index contributed by atoms with van der Waals surface area (Å²) < 4.78 is 1.85. The van der Waals surface area contributed by atoms with Crippen LogP contribution in [0.2, 0.25) is 0 Å². The number of anilines is 1. The van der Waals surface area contributed by atoms with Gasteiger partial charge >= 0.3 is 0 Å². The predicted molar refractivity (Wildman–Crippen MR) is 108 cm³/mol. The lowest BCUT2D eigenvalue weighted by molar-refractivity contribution is 0.353. The second kappa shape index (κ2) is 6.91. The Balaban J connectivity index is 1.35. The third-order valence-corrected chi connectivity index (χ3v) is 6.07. The Morgan fingerprint density at radius 3 is 2.57 bits per heavy atom. The van der Waals surface area contributed by atoms with Crippen LogP contribution in [0.1, 0.15) is 25.7 Å². The average Bonchev–Trinajstić information content (AvgIpc) is 3.37. The van der Waals surface area contributed by atoms with E-state index in [0.717, 1.165) is 24.3 Å². The first kappa shape index (κ1) is 17.2. The first-order chi connectivity index (χ1) is 13.7. The van der Waals surface area contributed by atoms with E-state index in [9.17, 15) is 5.11 Å². The summed E-state index contributed by atoms with van der Waals surface area (Å²) >= 11 is 0. The molecular formula is C21H24N6O. The van der Waals surface area contributed by atoms with Gasteiger partial charge in [0.05, 0.1) is 17.7 Å². The fourth-order valence-electron chi connectivity index (χ4n) is 4.50. The van der Waals surface area contributed by atoms with Crippen LogP contribution in [0.5, 0.6) is 5.75 Å². The normalized spacial score (nSPS) is 23.7. The minimum Gasteiger partial charge on any atom is -0.507 e. The van der Waals surface area contributed by atoms with Crippen LogP contribution in [0.4, 0.5) is 5.82 Å². The van der Waals surface area contributed by atoms with Crippen LogP contribution in [0.3, 0.4) is 0 Å². The van der Waals surface area contributed by atoms with E-state index in [-0.39, 0.29) is 5.75 Å². The molecule has 3 aromatic rings. The highest BCUT2D eigenvalue weighted by Crippen LogP contribution is 2.32. The van der Waals surface area contributed by atoms with Crippen molar-refractivity contribution < 1.29 is 5.11 Å². The number of fused-ring (bicyclic) bond motifs is 2. The highest BCUT2D eigenvalue weighted by molar-refractivity contribution is 5.69. The van der Waals surface area contributed by atoms with E-state index in [1.165, 1.54) is 12.8 Å². The van der Waals surface area contributed by atoms with Gasteiger partial charge in [0.1, 0.15) is 5.75 Å². The number of nitrogens with one attached hydrogen (secondary N) is 1. The van der Waals surface area contributed by atoms with E-state index >= 15 is 0 Å². The van der Waals surface area contributed by atoms with Gasteiger partial charge in [0.25, 0.3) is 0 Å². The molecule has 2 aliphatic rings. The van der Waals surface area contributed by atoms with Gasteiger partial charge in [-0.05, 0) is 49.9 Å². The lowest BCUT2D eigenvalue weighted by atomic mass is 9.98. The zero-order valence-corrected chi connectivity index (χ0v) is 15.9. The van der Waals surface area contributed by atoms with Gasteiger partial charge in [-0.2, -0.15) is 0 Å². The number of piperidine rings is 1. The van der Waals surface area contributed by atoms with E-state index < -0.39 is 0 Å². The predicted octanol–water partition coefficient (Wildman–Crippen LogP) is 2.75. The van der Waals surface area contributed by atoms with E-state index in [1.54, 1.807) is 18.6 Å². The molecule has 5 rings (SSSR count). The van der Waals surface area contributed by atoms with Crippen LogP contribution in [-0.2, 0) is 0 Å². The first-order valence-electron chi connectivity index (χ1n) is 9.82. The minimum atomic E-state index is 0.177. The third-order valence-electron chi connectivity index (χ3n) is 6.07. The number of imidazole rings is 1. The molecule has 7 nitrogen and oxygen atoms in total. The van der Waals surface area contributed by atoms with Gasteiger partial charge in [0.2, 0.25) is 0 Å². The van der Waals surface area contributed by atoms with Gasteiger partial charge in [-0.15, -0.1) is 10.2 Å². The van der Waals surface area contributed by atoms with Crippen molar-refractivity contribution in [2.24, 2.45) is 0 Å². The molecule has 2 bridgehead atoms. The van der Waals surface area contributed by atoms with Gasteiger partial charge in [0.15, 0.2) is 5.82 Å². The fourth-order valence-corrected chi connectivity index (χ4v) is 4.50. The van der Waals surface area contributed by atoms with E-state index in [2.05, 4.69) is 32.4 Å². The highest BCUT2D eigenvalue weighted by Gasteiger charge is 2.35. The Labute approximate surface area is 164 Å². The minimum absolute atomic E-state index is 0.177. The zero-order chi connectivity index (χ0) is 19.1. The second-order valence-corrected chi connectivity index (χ2v) is 7.82. The van der Waals surface area contributed by atoms with Crippen LogP contribution < -0.4 is 10.2 Å². The van der Waals surface area contributed by atoms with Crippen molar-refractivity contribution in [3.8, 4) is 22.7 Å². The number of hydrogen-bond donors (Lipinski definition) is 2. The molecule has 144 valence electrons. The van der Waals surface area contributed by atoms with Gasteiger partial charge < -0.3 is 19.9 Å². The van der Waals surface area contributed by atoms with E-state index in [0.29, 0.717) is 29.4 Å². The number of benzene rings is 1. The molecular weight excluding hydrogens is 352 g/mol. The van der Waals surface area contributed by atoms with Crippen LogP contribution in [0, 0.1) is 0 Å². The molecule has 2 aliphatic heterocycles. The van der Waals surface area contributed by atoms with Crippen molar-refractivity contribution in [3.05, 3.63) is 49.1 Å². The zero-order valence-electron chi connectivity index (χ0n) is 15.9. The largest absolute Gasteiger partial charge is 0.507 e. The van der Waals surface area contributed by atoms with Crippen LogP contribution >= 0.6 is 0 Å². The van der Waals surface area contributed by atoms with Crippen molar-refractivity contribution in [1.82, 2.24) is 25.1 Å². The summed E-state index contributed by atoms with van der Waals surface area (Å²) in [6.45, 7) is 0. The van der Waals surface area contributed by atoms with Crippen LogP contribution in [-0.4, -0.2) is 50.0 Å². The molecule has 1 aromatic carbocycles. The summed E-state index contributed by atoms with van der Waals surface area (Å²) in [5.74, 6) is 1.06. The van der Waals surface area contributed by atoms with Crippen molar-refractivity contribution in [2.45, 2.75) is 43.8 Å². The summed E-state index contributed by atoms with van der Waals surface area (Å²) in [6.07, 6.45) is 10.1. The maximum atomic E-state index is 10.5. The van der Waals surface area contributed by atoms with Crippen LogP contribution in [0.15, 0.2) is 49.1 Å². The van der Waals surface area contributed by atoms with Crippen molar-refractivity contribution in [1.29, 1.82) is 0 Å². The third kappa shape index (κ3) is 3.11. The van der Waals surface area contributed by atoms with Crippen molar-refractivity contribution in [2.75, 3.05) is 11.9 Å². The second-order valence-electron chi connectivity index (χ2n) is 7.82. The molecule has 2 unspecified atom stereocenters. The number of aromatic hydroxyl groups is 1. The smallest absolute Gasteiger partial charge is 0.151 e. The fraction of sp³-hybridized carbons (Fsp3) is 0.381. The van der Waals surface area contributed by atoms with Gasteiger partial charge in [-0.1, -0.05) is 0 Å². The highest BCUT2D eigenvalue weighted by atomic mass is 16.3. The number of hydrogen-bond acceptors (Lipinski definition) is 6. The summed E-state index contributed by atoms with van der Waals surface area (Å²) in [5, 5.41) is 23.0. The molecule has 3 atom stereocenters. The maximum absolute atomic E-state index is 10.5.